The average molecular weight is 265 g/mol. The summed E-state index contributed by atoms with van der Waals surface area (Å²) in [4.78, 5) is 2.32. The molecule has 2 heterocycles. The zero-order valence-electron chi connectivity index (χ0n) is 11.3. The normalized spacial score (nSPS) is 22.2. The van der Waals surface area contributed by atoms with E-state index in [2.05, 4.69) is 11.9 Å². The van der Waals surface area contributed by atoms with E-state index >= 15 is 0 Å². The lowest BCUT2D eigenvalue weighted by molar-refractivity contribution is -0.0813. The van der Waals surface area contributed by atoms with E-state index in [-0.39, 0.29) is 11.9 Å². The van der Waals surface area contributed by atoms with Crippen molar-refractivity contribution < 1.29 is 13.9 Å². The van der Waals surface area contributed by atoms with E-state index in [0.29, 0.717) is 24.9 Å². The second-order valence-corrected chi connectivity index (χ2v) is 5.51. The lowest BCUT2D eigenvalue weighted by Gasteiger charge is -2.32. The summed E-state index contributed by atoms with van der Waals surface area (Å²) < 4.78 is 24.9. The standard InChI is InChI=1S/C15H20FNO2/c1-17-7-5-11(6-8-17)13-3-2-4-14(16)15(13)19-12-9-18-10-12/h2-4,11-12H,5-10H2,1H3. The summed E-state index contributed by atoms with van der Waals surface area (Å²) >= 11 is 0. The van der Waals surface area contributed by atoms with Gasteiger partial charge in [0.25, 0.3) is 0 Å². The first kappa shape index (κ1) is 12.9. The van der Waals surface area contributed by atoms with Gasteiger partial charge in [-0.15, -0.1) is 0 Å². The van der Waals surface area contributed by atoms with Crippen LogP contribution in [0.5, 0.6) is 5.75 Å². The number of hydrogen-bond donors (Lipinski definition) is 0. The first-order valence-corrected chi connectivity index (χ1v) is 6.95. The van der Waals surface area contributed by atoms with Gasteiger partial charge in [0.15, 0.2) is 11.6 Å². The Labute approximate surface area is 113 Å². The fraction of sp³-hybridized carbons (Fsp3) is 0.600. The van der Waals surface area contributed by atoms with E-state index < -0.39 is 0 Å². The predicted molar refractivity (Wildman–Crippen MR) is 71.1 cm³/mol. The smallest absolute Gasteiger partial charge is 0.165 e. The van der Waals surface area contributed by atoms with Crippen LogP contribution >= 0.6 is 0 Å². The van der Waals surface area contributed by atoms with Gasteiger partial charge in [-0.25, -0.2) is 4.39 Å². The highest BCUT2D eigenvalue weighted by atomic mass is 19.1. The van der Waals surface area contributed by atoms with Gasteiger partial charge in [-0.3, -0.25) is 0 Å². The molecule has 0 atom stereocenters. The van der Waals surface area contributed by atoms with Crippen LogP contribution in [0.2, 0.25) is 0 Å². The molecule has 4 heteroatoms. The Morgan fingerprint density at radius 2 is 2.00 bits per heavy atom. The van der Waals surface area contributed by atoms with Crippen LogP contribution in [0, 0.1) is 5.82 Å². The van der Waals surface area contributed by atoms with Gasteiger partial charge in [-0.1, -0.05) is 12.1 Å². The van der Waals surface area contributed by atoms with Crippen LogP contribution in [0.15, 0.2) is 18.2 Å². The minimum absolute atomic E-state index is 0.0157. The Kier molecular flexibility index (Phi) is 3.71. The zero-order chi connectivity index (χ0) is 13.2. The Bertz CT molecular complexity index is 440. The van der Waals surface area contributed by atoms with E-state index in [1.807, 2.05) is 6.07 Å². The van der Waals surface area contributed by atoms with Crippen molar-refractivity contribution in [1.29, 1.82) is 0 Å². The number of ether oxygens (including phenoxy) is 2. The number of benzene rings is 1. The fourth-order valence-electron chi connectivity index (χ4n) is 2.74. The van der Waals surface area contributed by atoms with Crippen LogP contribution in [0.4, 0.5) is 4.39 Å². The molecular formula is C15H20FNO2. The molecule has 0 saturated carbocycles. The monoisotopic (exact) mass is 265 g/mol. The average Bonchev–Trinajstić information content (AvgIpc) is 2.36. The van der Waals surface area contributed by atoms with Crippen molar-refractivity contribution in [3.8, 4) is 5.75 Å². The lowest BCUT2D eigenvalue weighted by Crippen LogP contribution is -2.39. The number of piperidine rings is 1. The molecule has 1 aromatic carbocycles. The SMILES string of the molecule is CN1CCC(c2cccc(F)c2OC2COC2)CC1. The summed E-state index contributed by atoms with van der Waals surface area (Å²) in [6, 6.07) is 5.27. The van der Waals surface area contributed by atoms with Crippen LogP contribution in [-0.2, 0) is 4.74 Å². The largest absolute Gasteiger partial charge is 0.482 e. The summed E-state index contributed by atoms with van der Waals surface area (Å²) in [5.74, 6) is 0.608. The van der Waals surface area contributed by atoms with Crippen molar-refractivity contribution in [3.63, 3.8) is 0 Å². The molecule has 2 aliphatic rings. The van der Waals surface area contributed by atoms with E-state index in [9.17, 15) is 4.39 Å². The molecule has 3 nitrogen and oxygen atoms in total. The van der Waals surface area contributed by atoms with E-state index in [1.165, 1.54) is 6.07 Å². The molecule has 2 fully saturated rings. The van der Waals surface area contributed by atoms with Crippen LogP contribution in [-0.4, -0.2) is 44.4 Å². The van der Waals surface area contributed by atoms with E-state index in [4.69, 9.17) is 9.47 Å². The first-order chi connectivity index (χ1) is 9.24. The molecule has 0 N–H and O–H groups in total. The maximum absolute atomic E-state index is 14.0. The molecule has 0 aliphatic carbocycles. The molecule has 2 aliphatic heterocycles. The molecule has 0 radical (unpaired) electrons. The number of halogens is 1. The Hall–Kier alpha value is -1.13. The van der Waals surface area contributed by atoms with Crippen LogP contribution < -0.4 is 4.74 Å². The number of hydrogen-bond acceptors (Lipinski definition) is 3. The second-order valence-electron chi connectivity index (χ2n) is 5.51. The summed E-state index contributed by atoms with van der Waals surface area (Å²) in [6.07, 6.45) is 2.15. The molecule has 0 spiro atoms. The van der Waals surface area contributed by atoms with Gasteiger partial charge in [0, 0.05) is 5.56 Å². The van der Waals surface area contributed by atoms with Crippen molar-refractivity contribution in [2.45, 2.75) is 24.9 Å². The van der Waals surface area contributed by atoms with Gasteiger partial charge >= 0.3 is 0 Å². The van der Waals surface area contributed by atoms with Gasteiger partial charge in [-0.05, 0) is 45.0 Å². The highest BCUT2D eigenvalue weighted by Crippen LogP contribution is 2.36. The molecule has 0 unspecified atom stereocenters. The van der Waals surface area contributed by atoms with Crippen LogP contribution in [0.1, 0.15) is 24.3 Å². The molecule has 0 aromatic heterocycles. The van der Waals surface area contributed by atoms with Crippen molar-refractivity contribution >= 4 is 0 Å². The zero-order valence-corrected chi connectivity index (χ0v) is 11.3. The Morgan fingerprint density at radius 3 is 2.63 bits per heavy atom. The number of rotatable bonds is 3. The maximum atomic E-state index is 14.0. The third kappa shape index (κ3) is 2.74. The van der Waals surface area contributed by atoms with Gasteiger partial charge in [0.05, 0.1) is 13.2 Å². The van der Waals surface area contributed by atoms with Gasteiger partial charge < -0.3 is 14.4 Å². The van der Waals surface area contributed by atoms with Gasteiger partial charge in [0.1, 0.15) is 6.10 Å². The predicted octanol–water partition coefficient (Wildman–Crippen LogP) is 2.41. The van der Waals surface area contributed by atoms with Gasteiger partial charge in [-0.2, -0.15) is 0 Å². The fourth-order valence-corrected chi connectivity index (χ4v) is 2.74. The van der Waals surface area contributed by atoms with E-state index in [1.54, 1.807) is 6.07 Å². The van der Waals surface area contributed by atoms with E-state index in [0.717, 1.165) is 31.5 Å². The van der Waals surface area contributed by atoms with Crippen molar-refractivity contribution in [2.24, 2.45) is 0 Å². The summed E-state index contributed by atoms with van der Waals surface area (Å²) in [5, 5.41) is 0. The third-order valence-electron chi connectivity index (χ3n) is 4.05. The van der Waals surface area contributed by atoms with Gasteiger partial charge in [0.2, 0.25) is 0 Å². The minimum Gasteiger partial charge on any atom is -0.482 e. The molecule has 2 saturated heterocycles. The first-order valence-electron chi connectivity index (χ1n) is 6.95. The topological polar surface area (TPSA) is 21.7 Å². The highest BCUT2D eigenvalue weighted by Gasteiger charge is 2.27. The lowest BCUT2D eigenvalue weighted by atomic mass is 9.89. The summed E-state index contributed by atoms with van der Waals surface area (Å²) in [7, 11) is 2.13. The van der Waals surface area contributed by atoms with Crippen molar-refractivity contribution in [2.75, 3.05) is 33.4 Å². The van der Waals surface area contributed by atoms with Crippen molar-refractivity contribution in [3.05, 3.63) is 29.6 Å². The molecule has 104 valence electrons. The summed E-state index contributed by atoms with van der Waals surface area (Å²) in [6.45, 7) is 3.27. The van der Waals surface area contributed by atoms with Crippen molar-refractivity contribution in [1.82, 2.24) is 4.90 Å². The second kappa shape index (κ2) is 5.47. The quantitative estimate of drug-likeness (QED) is 0.837. The molecule has 0 amide bonds. The molecule has 0 bridgehead atoms. The minimum atomic E-state index is -0.247. The van der Waals surface area contributed by atoms with Crippen LogP contribution in [0.25, 0.3) is 0 Å². The Balaban J connectivity index is 1.80. The highest BCUT2D eigenvalue weighted by molar-refractivity contribution is 5.38. The number of nitrogens with zero attached hydrogens (tertiary/aromatic N) is 1. The summed E-state index contributed by atoms with van der Waals surface area (Å²) in [5.41, 5.74) is 1.03. The van der Waals surface area contributed by atoms with Crippen LogP contribution in [0.3, 0.4) is 0 Å². The molecule has 1 aromatic rings. The maximum Gasteiger partial charge on any atom is 0.165 e. The number of para-hydroxylation sites is 1. The molecule has 19 heavy (non-hydrogen) atoms. The third-order valence-corrected chi connectivity index (χ3v) is 4.05. The molecular weight excluding hydrogens is 245 g/mol. The molecule has 3 rings (SSSR count). The number of likely N-dealkylation sites (tertiary alicyclic amines) is 1. The Morgan fingerprint density at radius 1 is 1.26 bits per heavy atom.